The third-order valence-electron chi connectivity index (χ3n) is 1.98. The van der Waals surface area contributed by atoms with Crippen LogP contribution in [0.2, 0.25) is 5.02 Å². The van der Waals surface area contributed by atoms with Gasteiger partial charge in [-0.3, -0.25) is 9.59 Å². The summed E-state index contributed by atoms with van der Waals surface area (Å²) in [7, 11) is 0. The maximum atomic E-state index is 11.4. The lowest BCUT2D eigenvalue weighted by atomic mass is 10.2. The van der Waals surface area contributed by atoms with Gasteiger partial charge in [0.15, 0.2) is 5.78 Å². The van der Waals surface area contributed by atoms with Crippen LogP contribution in [0.3, 0.4) is 0 Å². The maximum Gasteiger partial charge on any atom is 0.231 e. The van der Waals surface area contributed by atoms with Gasteiger partial charge in [-0.1, -0.05) is 17.7 Å². The van der Waals surface area contributed by atoms with Crippen LogP contribution >= 0.6 is 23.2 Å². The van der Waals surface area contributed by atoms with E-state index in [4.69, 9.17) is 23.2 Å². The van der Waals surface area contributed by atoms with E-state index < -0.39 is 0 Å². The number of alkyl halides is 1. The first-order valence-electron chi connectivity index (χ1n) is 4.66. The SMILES string of the molecule is Cc1ccc(Cl)cc1NC(=O)CC(=O)CCl. The number of benzene rings is 1. The molecule has 0 saturated heterocycles. The number of carbonyl (C=O) groups is 2. The molecule has 0 aliphatic heterocycles. The summed E-state index contributed by atoms with van der Waals surface area (Å²) in [5.74, 6) is -0.836. The van der Waals surface area contributed by atoms with Crippen molar-refractivity contribution in [3.8, 4) is 0 Å². The van der Waals surface area contributed by atoms with Crippen molar-refractivity contribution in [1.82, 2.24) is 0 Å². The topological polar surface area (TPSA) is 46.2 Å². The van der Waals surface area contributed by atoms with Crippen LogP contribution in [0.15, 0.2) is 18.2 Å². The largest absolute Gasteiger partial charge is 0.325 e. The normalized spacial score (nSPS) is 9.94. The lowest BCUT2D eigenvalue weighted by molar-refractivity contribution is -0.124. The molecule has 0 aromatic heterocycles. The molecule has 0 heterocycles. The Morgan fingerprint density at radius 3 is 2.69 bits per heavy atom. The first-order chi connectivity index (χ1) is 7.52. The van der Waals surface area contributed by atoms with Gasteiger partial charge in [-0.15, -0.1) is 11.6 Å². The Balaban J connectivity index is 2.69. The van der Waals surface area contributed by atoms with Crippen LogP contribution in [0, 0.1) is 6.92 Å². The van der Waals surface area contributed by atoms with Crippen molar-refractivity contribution in [1.29, 1.82) is 0 Å². The molecule has 0 aliphatic carbocycles. The minimum Gasteiger partial charge on any atom is -0.325 e. The fraction of sp³-hybridized carbons (Fsp3) is 0.273. The molecular weight excluding hydrogens is 249 g/mol. The van der Waals surface area contributed by atoms with Crippen LogP contribution in [-0.2, 0) is 9.59 Å². The van der Waals surface area contributed by atoms with E-state index in [2.05, 4.69) is 5.32 Å². The fourth-order valence-electron chi connectivity index (χ4n) is 1.15. The molecule has 0 radical (unpaired) electrons. The van der Waals surface area contributed by atoms with Crippen molar-refractivity contribution < 1.29 is 9.59 Å². The number of nitrogens with one attached hydrogen (secondary N) is 1. The molecule has 1 aromatic rings. The number of Topliss-reactive ketones (excluding diaryl/α,β-unsaturated/α-hetero) is 1. The monoisotopic (exact) mass is 259 g/mol. The summed E-state index contributed by atoms with van der Waals surface area (Å²) in [4.78, 5) is 22.4. The van der Waals surface area contributed by atoms with Crippen LogP contribution in [0.4, 0.5) is 5.69 Å². The standard InChI is InChI=1S/C11H11Cl2NO2/c1-7-2-3-8(13)4-10(7)14-11(16)5-9(15)6-12/h2-4H,5-6H2,1H3,(H,14,16). The quantitative estimate of drug-likeness (QED) is 0.668. The lowest BCUT2D eigenvalue weighted by Crippen LogP contribution is -2.17. The summed E-state index contributed by atoms with van der Waals surface area (Å²) in [6.07, 6.45) is -0.213. The van der Waals surface area contributed by atoms with E-state index in [9.17, 15) is 9.59 Å². The fourth-order valence-corrected chi connectivity index (χ4v) is 1.42. The number of amides is 1. The first-order valence-corrected chi connectivity index (χ1v) is 5.58. The Morgan fingerprint density at radius 1 is 1.38 bits per heavy atom. The van der Waals surface area contributed by atoms with Crippen molar-refractivity contribution in [3.05, 3.63) is 28.8 Å². The minimum atomic E-state index is -0.379. The van der Waals surface area contributed by atoms with Gasteiger partial charge < -0.3 is 5.32 Å². The number of carbonyl (C=O) groups excluding carboxylic acids is 2. The van der Waals surface area contributed by atoms with Crippen molar-refractivity contribution in [3.63, 3.8) is 0 Å². The van der Waals surface area contributed by atoms with E-state index in [1.54, 1.807) is 18.2 Å². The number of rotatable bonds is 4. The zero-order valence-corrected chi connectivity index (χ0v) is 10.2. The molecular formula is C11H11Cl2NO2. The van der Waals surface area contributed by atoms with Crippen LogP contribution in [0.25, 0.3) is 0 Å². The zero-order chi connectivity index (χ0) is 12.1. The number of aryl methyl sites for hydroxylation is 1. The zero-order valence-electron chi connectivity index (χ0n) is 8.72. The highest BCUT2D eigenvalue weighted by molar-refractivity contribution is 6.31. The van der Waals surface area contributed by atoms with E-state index in [1.807, 2.05) is 6.92 Å². The lowest BCUT2D eigenvalue weighted by Gasteiger charge is -2.07. The molecule has 0 fully saturated rings. The number of ketones is 1. The summed E-state index contributed by atoms with van der Waals surface area (Å²) in [5, 5.41) is 3.15. The van der Waals surface area contributed by atoms with Gasteiger partial charge in [0, 0.05) is 10.7 Å². The van der Waals surface area contributed by atoms with Crippen molar-refractivity contribution in [2.45, 2.75) is 13.3 Å². The third-order valence-corrected chi connectivity index (χ3v) is 2.51. The van der Waals surface area contributed by atoms with Gasteiger partial charge in [0.1, 0.15) is 0 Å². The van der Waals surface area contributed by atoms with Crippen molar-refractivity contribution >= 4 is 40.6 Å². The molecule has 1 rings (SSSR count). The predicted octanol–water partition coefficient (Wildman–Crippen LogP) is 2.78. The Labute approximate surface area is 104 Å². The van der Waals surface area contributed by atoms with E-state index in [1.165, 1.54) is 0 Å². The molecule has 0 saturated carbocycles. The molecule has 1 N–H and O–H groups in total. The van der Waals surface area contributed by atoms with Crippen LogP contribution < -0.4 is 5.32 Å². The first kappa shape index (κ1) is 13.0. The van der Waals surface area contributed by atoms with Crippen LogP contribution in [0.5, 0.6) is 0 Å². The molecule has 1 aromatic carbocycles. The smallest absolute Gasteiger partial charge is 0.231 e. The Hall–Kier alpha value is -1.06. The average Bonchev–Trinajstić information content (AvgIpc) is 2.23. The number of halogens is 2. The highest BCUT2D eigenvalue weighted by atomic mass is 35.5. The van der Waals surface area contributed by atoms with Gasteiger partial charge in [-0.05, 0) is 24.6 Å². The summed E-state index contributed by atoms with van der Waals surface area (Å²) in [5.41, 5.74) is 1.50. The summed E-state index contributed by atoms with van der Waals surface area (Å²) < 4.78 is 0. The Kier molecular flexibility index (Phi) is 4.77. The molecule has 1 amide bonds. The molecule has 0 aliphatic rings. The van der Waals surface area contributed by atoms with Gasteiger partial charge >= 0.3 is 0 Å². The summed E-state index contributed by atoms with van der Waals surface area (Å²) >= 11 is 11.1. The molecule has 16 heavy (non-hydrogen) atoms. The van der Waals surface area contributed by atoms with E-state index in [0.29, 0.717) is 10.7 Å². The van der Waals surface area contributed by atoms with Crippen molar-refractivity contribution in [2.24, 2.45) is 0 Å². The predicted molar refractivity (Wildman–Crippen MR) is 65.2 cm³/mol. The van der Waals surface area contributed by atoms with Gasteiger partial charge in [0.2, 0.25) is 5.91 Å². The second-order valence-electron chi connectivity index (χ2n) is 3.36. The van der Waals surface area contributed by atoms with E-state index in [-0.39, 0.29) is 24.0 Å². The number of anilines is 1. The minimum absolute atomic E-state index is 0.151. The molecule has 0 unspecified atom stereocenters. The molecule has 86 valence electrons. The van der Waals surface area contributed by atoms with Gasteiger partial charge in [0.25, 0.3) is 0 Å². The average molecular weight is 260 g/mol. The van der Waals surface area contributed by atoms with Crippen LogP contribution in [-0.4, -0.2) is 17.6 Å². The number of hydrogen-bond acceptors (Lipinski definition) is 2. The summed E-state index contributed by atoms with van der Waals surface area (Å²) in [6.45, 7) is 1.84. The van der Waals surface area contributed by atoms with Crippen LogP contribution in [0.1, 0.15) is 12.0 Å². The molecule has 5 heteroatoms. The van der Waals surface area contributed by atoms with E-state index in [0.717, 1.165) is 5.56 Å². The maximum absolute atomic E-state index is 11.4. The molecule has 0 bridgehead atoms. The second kappa shape index (κ2) is 5.87. The summed E-state index contributed by atoms with van der Waals surface area (Å²) in [6, 6.07) is 5.16. The highest BCUT2D eigenvalue weighted by Crippen LogP contribution is 2.20. The third kappa shape index (κ3) is 3.83. The van der Waals surface area contributed by atoms with Crippen molar-refractivity contribution in [2.75, 3.05) is 11.2 Å². The highest BCUT2D eigenvalue weighted by Gasteiger charge is 2.09. The van der Waals surface area contributed by atoms with Gasteiger partial charge in [-0.2, -0.15) is 0 Å². The molecule has 0 atom stereocenters. The molecule has 0 spiro atoms. The number of hydrogen-bond donors (Lipinski definition) is 1. The second-order valence-corrected chi connectivity index (χ2v) is 4.06. The molecule has 3 nitrogen and oxygen atoms in total. The van der Waals surface area contributed by atoms with Gasteiger partial charge in [-0.25, -0.2) is 0 Å². The van der Waals surface area contributed by atoms with E-state index >= 15 is 0 Å². The Bertz CT molecular complexity index is 418. The Morgan fingerprint density at radius 2 is 2.06 bits per heavy atom. The van der Waals surface area contributed by atoms with Gasteiger partial charge in [0.05, 0.1) is 12.3 Å².